The average molecular weight is 515 g/mol. The van der Waals surface area contributed by atoms with Crippen LogP contribution in [0.2, 0.25) is 0 Å². The van der Waals surface area contributed by atoms with Gasteiger partial charge in [0.25, 0.3) is 0 Å². The fraction of sp³-hybridized carbons (Fsp3) is 0.500. The van der Waals surface area contributed by atoms with E-state index in [1.807, 2.05) is 65.0 Å². The minimum Gasteiger partial charge on any atom is -0.444 e. The topological polar surface area (TPSA) is 84.0 Å². The molecule has 3 rings (SSSR count). The Balaban J connectivity index is 1.94. The molecule has 7 nitrogen and oxygen atoms in total. The normalized spacial score (nSPS) is 16.2. The summed E-state index contributed by atoms with van der Waals surface area (Å²) in [4.78, 5) is 25.6. The van der Waals surface area contributed by atoms with Crippen LogP contribution in [0.3, 0.4) is 0 Å². The number of amides is 1. The monoisotopic (exact) mass is 514 g/mol. The van der Waals surface area contributed by atoms with Crippen LogP contribution in [0.15, 0.2) is 59.5 Å². The molecule has 1 heterocycles. The molecule has 36 heavy (non-hydrogen) atoms. The molecule has 0 aliphatic carbocycles. The summed E-state index contributed by atoms with van der Waals surface area (Å²) in [6, 6.07) is 16.0. The van der Waals surface area contributed by atoms with Crippen molar-refractivity contribution in [3.63, 3.8) is 0 Å². The highest BCUT2D eigenvalue weighted by Gasteiger charge is 2.42. The molecule has 1 saturated heterocycles. The third-order valence-corrected chi connectivity index (χ3v) is 8.29. The number of ether oxygens (including phenoxy) is 1. The molecule has 0 saturated carbocycles. The molecule has 1 aliphatic heterocycles. The number of nitrogens with zero attached hydrogens (tertiary/aromatic N) is 2. The summed E-state index contributed by atoms with van der Waals surface area (Å²) in [7, 11) is -3.81. The van der Waals surface area contributed by atoms with Gasteiger partial charge in [-0.15, -0.1) is 0 Å². The first kappa shape index (κ1) is 27.9. The van der Waals surface area contributed by atoms with Gasteiger partial charge in [-0.1, -0.05) is 56.3 Å². The third kappa shape index (κ3) is 6.73. The molecule has 1 fully saturated rings. The summed E-state index contributed by atoms with van der Waals surface area (Å²) in [6.07, 6.45) is 1.59. The molecule has 8 heteroatoms. The SMILES string of the molecule is CC(C)CN(CC1(c2ccccc2)CCN(C(=O)OC(C)(C)C)CC1)S(=O)(=O)c1ccc(C=O)cc1. The number of rotatable bonds is 8. The van der Waals surface area contributed by atoms with Crippen molar-refractivity contribution in [3.05, 3.63) is 65.7 Å². The second-order valence-electron chi connectivity index (χ2n) is 11.0. The van der Waals surface area contributed by atoms with Crippen LogP contribution in [0.1, 0.15) is 63.4 Å². The van der Waals surface area contributed by atoms with E-state index in [1.54, 1.807) is 9.21 Å². The van der Waals surface area contributed by atoms with Crippen LogP contribution in [-0.2, 0) is 20.2 Å². The predicted octanol–water partition coefficient (Wildman–Crippen LogP) is 5.11. The van der Waals surface area contributed by atoms with Gasteiger partial charge in [0.15, 0.2) is 0 Å². The molecule has 2 aromatic rings. The van der Waals surface area contributed by atoms with E-state index in [9.17, 15) is 18.0 Å². The number of carbonyl (C=O) groups excluding carboxylic acids is 2. The Morgan fingerprint density at radius 3 is 2.14 bits per heavy atom. The maximum Gasteiger partial charge on any atom is 0.410 e. The lowest BCUT2D eigenvalue weighted by Gasteiger charge is -2.44. The molecule has 1 aliphatic rings. The van der Waals surface area contributed by atoms with Crippen molar-refractivity contribution in [1.82, 2.24) is 9.21 Å². The number of aldehydes is 1. The predicted molar refractivity (Wildman–Crippen MR) is 141 cm³/mol. The summed E-state index contributed by atoms with van der Waals surface area (Å²) >= 11 is 0. The van der Waals surface area contributed by atoms with Gasteiger partial charge in [0.2, 0.25) is 10.0 Å². The van der Waals surface area contributed by atoms with Crippen LogP contribution < -0.4 is 0 Å². The minimum atomic E-state index is -3.81. The molecule has 0 aromatic heterocycles. The second kappa shape index (κ2) is 11.1. The second-order valence-corrected chi connectivity index (χ2v) is 12.9. The molecule has 0 unspecified atom stereocenters. The maximum absolute atomic E-state index is 13.8. The van der Waals surface area contributed by atoms with Gasteiger partial charge in [0.05, 0.1) is 4.90 Å². The van der Waals surface area contributed by atoms with Gasteiger partial charge in [-0.05, 0) is 57.2 Å². The van der Waals surface area contributed by atoms with E-state index in [4.69, 9.17) is 4.74 Å². The van der Waals surface area contributed by atoms with E-state index < -0.39 is 21.0 Å². The van der Waals surface area contributed by atoms with Gasteiger partial charge >= 0.3 is 6.09 Å². The van der Waals surface area contributed by atoms with Crippen molar-refractivity contribution in [2.75, 3.05) is 26.2 Å². The van der Waals surface area contributed by atoms with Gasteiger partial charge in [-0.2, -0.15) is 4.31 Å². The molecule has 0 atom stereocenters. The molecular formula is C28H38N2O5S. The average Bonchev–Trinajstić information content (AvgIpc) is 2.83. The molecular weight excluding hydrogens is 476 g/mol. The largest absolute Gasteiger partial charge is 0.444 e. The lowest BCUT2D eigenvalue weighted by molar-refractivity contribution is 0.0152. The molecule has 0 bridgehead atoms. The van der Waals surface area contributed by atoms with Crippen LogP contribution in [0.25, 0.3) is 0 Å². The van der Waals surface area contributed by atoms with E-state index in [-0.39, 0.29) is 16.9 Å². The van der Waals surface area contributed by atoms with E-state index in [0.717, 1.165) is 5.56 Å². The van der Waals surface area contributed by atoms with Crippen molar-refractivity contribution in [2.45, 2.75) is 63.4 Å². The van der Waals surface area contributed by atoms with Crippen LogP contribution in [-0.4, -0.2) is 61.8 Å². The molecule has 1 amide bonds. The lowest BCUT2D eigenvalue weighted by Crippen LogP contribution is -2.52. The number of carbonyl (C=O) groups is 2. The standard InChI is InChI=1S/C28H38N2O5S/c1-22(2)19-30(36(33,34)25-13-11-23(20-31)12-14-25)21-28(24-9-7-6-8-10-24)15-17-29(18-16-28)26(32)35-27(3,4)5/h6-14,20,22H,15-19,21H2,1-5H3. The Bertz CT molecular complexity index is 1130. The fourth-order valence-electron chi connectivity index (χ4n) is 4.63. The molecule has 0 radical (unpaired) electrons. The molecule has 0 N–H and O–H groups in total. The summed E-state index contributed by atoms with van der Waals surface area (Å²) in [5.41, 5.74) is 0.463. The molecule has 196 valence electrons. The summed E-state index contributed by atoms with van der Waals surface area (Å²) in [6.45, 7) is 11.2. The number of sulfonamides is 1. The fourth-order valence-corrected chi connectivity index (χ4v) is 6.32. The van der Waals surface area contributed by atoms with E-state index in [0.29, 0.717) is 50.9 Å². The van der Waals surface area contributed by atoms with Crippen LogP contribution in [0.4, 0.5) is 4.79 Å². The van der Waals surface area contributed by atoms with Crippen molar-refractivity contribution in [1.29, 1.82) is 0 Å². The van der Waals surface area contributed by atoms with Gasteiger partial charge < -0.3 is 9.64 Å². The van der Waals surface area contributed by atoms with E-state index >= 15 is 0 Å². The van der Waals surface area contributed by atoms with Gasteiger partial charge in [-0.25, -0.2) is 13.2 Å². The maximum atomic E-state index is 13.8. The van der Waals surface area contributed by atoms with Gasteiger partial charge in [-0.3, -0.25) is 4.79 Å². The van der Waals surface area contributed by atoms with Gasteiger partial charge in [0, 0.05) is 37.2 Å². The summed E-state index contributed by atoms with van der Waals surface area (Å²) < 4.78 is 34.7. The molecule has 2 aromatic carbocycles. The Kier molecular flexibility index (Phi) is 8.62. The summed E-state index contributed by atoms with van der Waals surface area (Å²) in [5, 5.41) is 0. The first-order valence-electron chi connectivity index (χ1n) is 12.5. The Hall–Kier alpha value is -2.71. The zero-order valence-electron chi connectivity index (χ0n) is 21.9. The zero-order valence-corrected chi connectivity index (χ0v) is 22.8. The number of likely N-dealkylation sites (tertiary alicyclic amines) is 1. The first-order valence-corrected chi connectivity index (χ1v) is 13.9. The van der Waals surface area contributed by atoms with E-state index in [1.165, 1.54) is 24.3 Å². The van der Waals surface area contributed by atoms with Crippen LogP contribution in [0, 0.1) is 5.92 Å². The van der Waals surface area contributed by atoms with Crippen LogP contribution in [0.5, 0.6) is 0 Å². The summed E-state index contributed by atoms with van der Waals surface area (Å²) in [5.74, 6) is 0.115. The van der Waals surface area contributed by atoms with Crippen molar-refractivity contribution < 1.29 is 22.7 Å². The highest BCUT2D eigenvalue weighted by atomic mass is 32.2. The Labute approximate surface area is 215 Å². The lowest BCUT2D eigenvalue weighted by atomic mass is 9.72. The minimum absolute atomic E-state index is 0.115. The Morgan fingerprint density at radius 2 is 1.64 bits per heavy atom. The van der Waals surface area contributed by atoms with Gasteiger partial charge in [0.1, 0.15) is 11.9 Å². The van der Waals surface area contributed by atoms with Crippen molar-refractivity contribution in [3.8, 4) is 0 Å². The molecule has 0 spiro atoms. The Morgan fingerprint density at radius 1 is 1.06 bits per heavy atom. The number of piperidine rings is 1. The highest BCUT2D eigenvalue weighted by molar-refractivity contribution is 7.89. The highest BCUT2D eigenvalue weighted by Crippen LogP contribution is 2.38. The number of hydrogen-bond donors (Lipinski definition) is 0. The van der Waals surface area contributed by atoms with Crippen LogP contribution >= 0.6 is 0 Å². The van der Waals surface area contributed by atoms with Crippen molar-refractivity contribution in [2.24, 2.45) is 5.92 Å². The van der Waals surface area contributed by atoms with E-state index in [2.05, 4.69) is 0 Å². The quantitative estimate of drug-likeness (QED) is 0.457. The smallest absolute Gasteiger partial charge is 0.410 e. The van der Waals surface area contributed by atoms with Crippen molar-refractivity contribution >= 4 is 22.4 Å². The zero-order chi connectivity index (χ0) is 26.6. The third-order valence-electron chi connectivity index (χ3n) is 6.46. The number of benzene rings is 2. The number of hydrogen-bond acceptors (Lipinski definition) is 5. The first-order chi connectivity index (χ1) is 16.9.